The summed E-state index contributed by atoms with van der Waals surface area (Å²) in [5, 5.41) is 11.0. The van der Waals surface area contributed by atoms with Crippen molar-refractivity contribution in [3.05, 3.63) is 77.3 Å². The number of sulfone groups is 1. The first-order chi connectivity index (χ1) is 14.0. The quantitative estimate of drug-likeness (QED) is 0.509. The number of sulfonamides is 1. The predicted molar refractivity (Wildman–Crippen MR) is 116 cm³/mol. The minimum absolute atomic E-state index is 0.00675. The summed E-state index contributed by atoms with van der Waals surface area (Å²) in [6, 6.07) is 15.8. The minimum Gasteiger partial charge on any atom is -0.506 e. The van der Waals surface area contributed by atoms with Gasteiger partial charge >= 0.3 is 0 Å². The highest BCUT2D eigenvalue weighted by atomic mass is 35.5. The van der Waals surface area contributed by atoms with Gasteiger partial charge in [0.2, 0.25) is 9.84 Å². The predicted octanol–water partition coefficient (Wildman–Crippen LogP) is 4.80. The van der Waals surface area contributed by atoms with E-state index in [9.17, 15) is 21.9 Å². The monoisotopic (exact) mass is 465 g/mol. The molecular formula is C21H20ClNO5S2. The molecular weight excluding hydrogens is 446 g/mol. The summed E-state index contributed by atoms with van der Waals surface area (Å²) in [6.45, 7) is 3.54. The molecule has 158 valence electrons. The van der Waals surface area contributed by atoms with Crippen molar-refractivity contribution in [2.24, 2.45) is 0 Å². The van der Waals surface area contributed by atoms with Crippen LogP contribution < -0.4 is 4.72 Å². The van der Waals surface area contributed by atoms with E-state index >= 15 is 0 Å². The number of rotatable bonds is 6. The molecule has 0 aliphatic carbocycles. The lowest BCUT2D eigenvalue weighted by Gasteiger charge is -2.17. The van der Waals surface area contributed by atoms with Crippen LogP contribution in [0.15, 0.2) is 81.4 Å². The van der Waals surface area contributed by atoms with Crippen LogP contribution in [0.3, 0.4) is 0 Å². The summed E-state index contributed by atoms with van der Waals surface area (Å²) in [4.78, 5) is -0.403. The molecule has 0 amide bonds. The van der Waals surface area contributed by atoms with E-state index < -0.39 is 25.6 Å². The van der Waals surface area contributed by atoms with E-state index in [4.69, 9.17) is 11.6 Å². The van der Waals surface area contributed by atoms with E-state index in [1.54, 1.807) is 32.0 Å². The molecule has 0 heterocycles. The Morgan fingerprint density at radius 2 is 1.47 bits per heavy atom. The number of aromatic hydroxyl groups is 1. The van der Waals surface area contributed by atoms with Crippen molar-refractivity contribution < 1.29 is 21.9 Å². The molecule has 2 N–H and O–H groups in total. The number of halogens is 1. The number of phenols is 1. The van der Waals surface area contributed by atoms with Gasteiger partial charge in [0.1, 0.15) is 10.6 Å². The summed E-state index contributed by atoms with van der Waals surface area (Å²) >= 11 is 5.81. The smallest absolute Gasteiger partial charge is 0.261 e. The summed E-state index contributed by atoms with van der Waals surface area (Å²) in [5.41, 5.74) is 0.335. The Morgan fingerprint density at radius 1 is 0.867 bits per heavy atom. The largest absolute Gasteiger partial charge is 0.506 e. The average Bonchev–Trinajstić information content (AvgIpc) is 2.69. The molecule has 9 heteroatoms. The molecule has 0 fully saturated rings. The van der Waals surface area contributed by atoms with Crippen LogP contribution in [0.25, 0.3) is 0 Å². The van der Waals surface area contributed by atoms with E-state index in [0.29, 0.717) is 10.6 Å². The molecule has 3 aromatic carbocycles. The Labute approximate surface area is 181 Å². The van der Waals surface area contributed by atoms with Crippen molar-refractivity contribution in [3.63, 3.8) is 0 Å². The Bertz CT molecular complexity index is 1270. The van der Waals surface area contributed by atoms with E-state index in [0.717, 1.165) is 6.07 Å². The number of benzene rings is 3. The average molecular weight is 466 g/mol. The molecule has 30 heavy (non-hydrogen) atoms. The summed E-state index contributed by atoms with van der Waals surface area (Å²) in [7, 11) is -8.07. The number of hydrogen-bond donors (Lipinski definition) is 2. The van der Waals surface area contributed by atoms with E-state index in [1.165, 1.54) is 42.5 Å². The summed E-state index contributed by atoms with van der Waals surface area (Å²) in [6.07, 6.45) is 0. The zero-order chi connectivity index (χ0) is 22.1. The fraction of sp³-hybridized carbons (Fsp3) is 0.143. The molecule has 0 radical (unpaired) electrons. The first-order valence-corrected chi connectivity index (χ1v) is 12.3. The van der Waals surface area contributed by atoms with Crippen LogP contribution >= 0.6 is 11.6 Å². The highest BCUT2D eigenvalue weighted by molar-refractivity contribution is 7.92. The van der Waals surface area contributed by atoms with Crippen LogP contribution in [0.1, 0.15) is 25.3 Å². The van der Waals surface area contributed by atoms with Gasteiger partial charge < -0.3 is 5.11 Å². The lowest BCUT2D eigenvalue weighted by atomic mass is 10.0. The van der Waals surface area contributed by atoms with Gasteiger partial charge in [-0.2, -0.15) is 0 Å². The maximum Gasteiger partial charge on any atom is 0.261 e. The molecule has 0 bridgehead atoms. The molecule has 0 spiro atoms. The van der Waals surface area contributed by atoms with Crippen LogP contribution in [0.2, 0.25) is 5.02 Å². The molecule has 0 atom stereocenters. The number of hydrogen-bond acceptors (Lipinski definition) is 5. The van der Waals surface area contributed by atoms with Crippen molar-refractivity contribution in [3.8, 4) is 5.75 Å². The van der Waals surface area contributed by atoms with E-state index in [2.05, 4.69) is 4.72 Å². The second kappa shape index (κ2) is 8.29. The van der Waals surface area contributed by atoms with E-state index in [-0.39, 0.29) is 26.3 Å². The zero-order valence-corrected chi connectivity index (χ0v) is 18.6. The van der Waals surface area contributed by atoms with Crippen molar-refractivity contribution >= 4 is 37.1 Å². The van der Waals surface area contributed by atoms with Gasteiger partial charge in [-0.25, -0.2) is 16.8 Å². The lowest BCUT2D eigenvalue weighted by molar-refractivity contribution is 0.448. The maximum absolute atomic E-state index is 13.1. The highest BCUT2D eigenvalue weighted by Crippen LogP contribution is 2.38. The molecule has 0 aliphatic rings. The van der Waals surface area contributed by atoms with Gasteiger partial charge in [-0.3, -0.25) is 4.72 Å². The standard InChI is InChI=1S/C21H20ClNO5S2/c1-14(2)19-12-16(23-30(27,28)18-10-8-15(22)9-11-18)13-20(21(19)24)29(25,26)17-6-4-3-5-7-17/h3-14,23-24H,1-2H3. The van der Waals surface area contributed by atoms with Gasteiger partial charge in [-0.05, 0) is 60.0 Å². The van der Waals surface area contributed by atoms with Gasteiger partial charge in [-0.15, -0.1) is 0 Å². The third-order valence-electron chi connectivity index (χ3n) is 4.45. The summed E-state index contributed by atoms with van der Waals surface area (Å²) in [5.74, 6) is -0.655. The van der Waals surface area contributed by atoms with Gasteiger partial charge in [0.25, 0.3) is 10.0 Å². The molecule has 0 saturated carbocycles. The minimum atomic E-state index is -4.08. The van der Waals surface area contributed by atoms with Gasteiger partial charge in [-0.1, -0.05) is 43.6 Å². The molecule has 0 unspecified atom stereocenters. The van der Waals surface area contributed by atoms with E-state index in [1.807, 2.05) is 0 Å². The third kappa shape index (κ3) is 4.45. The SMILES string of the molecule is CC(C)c1cc(NS(=O)(=O)c2ccc(Cl)cc2)cc(S(=O)(=O)c2ccccc2)c1O. The molecule has 0 saturated heterocycles. The Kier molecular flexibility index (Phi) is 6.12. The van der Waals surface area contributed by atoms with Gasteiger partial charge in [0.05, 0.1) is 15.5 Å². The maximum atomic E-state index is 13.1. The van der Waals surface area contributed by atoms with Crippen LogP contribution in [0.4, 0.5) is 5.69 Å². The van der Waals surface area contributed by atoms with Crippen LogP contribution in [-0.2, 0) is 19.9 Å². The topological polar surface area (TPSA) is 101 Å². The summed E-state index contributed by atoms with van der Waals surface area (Å²) < 4.78 is 54.1. The molecule has 0 aliphatic heterocycles. The second-order valence-electron chi connectivity index (χ2n) is 6.94. The fourth-order valence-electron chi connectivity index (χ4n) is 2.89. The van der Waals surface area contributed by atoms with Crippen LogP contribution in [0.5, 0.6) is 5.75 Å². The number of nitrogens with one attached hydrogen (secondary N) is 1. The Morgan fingerprint density at radius 3 is 2.03 bits per heavy atom. The number of phenolic OH excluding ortho intramolecular Hbond substituents is 1. The first-order valence-electron chi connectivity index (χ1n) is 8.98. The molecule has 6 nitrogen and oxygen atoms in total. The third-order valence-corrected chi connectivity index (χ3v) is 7.88. The van der Waals surface area contributed by atoms with Crippen molar-refractivity contribution in [2.75, 3.05) is 4.72 Å². The molecule has 3 rings (SSSR count). The van der Waals surface area contributed by atoms with Crippen molar-refractivity contribution in [2.45, 2.75) is 34.5 Å². The highest BCUT2D eigenvalue weighted by Gasteiger charge is 2.26. The zero-order valence-electron chi connectivity index (χ0n) is 16.2. The van der Waals surface area contributed by atoms with Gasteiger partial charge in [0.15, 0.2) is 0 Å². The lowest BCUT2D eigenvalue weighted by Crippen LogP contribution is -2.14. The first kappa shape index (κ1) is 22.1. The van der Waals surface area contributed by atoms with Gasteiger partial charge in [0, 0.05) is 5.02 Å². The van der Waals surface area contributed by atoms with Crippen LogP contribution in [-0.4, -0.2) is 21.9 Å². The van der Waals surface area contributed by atoms with Crippen LogP contribution in [0, 0.1) is 0 Å². The molecule has 0 aromatic heterocycles. The fourth-order valence-corrected chi connectivity index (χ4v) is 5.48. The van der Waals surface area contributed by atoms with Crippen molar-refractivity contribution in [1.82, 2.24) is 0 Å². The normalized spacial score (nSPS) is 12.1. The number of anilines is 1. The second-order valence-corrected chi connectivity index (χ2v) is 11.0. The molecule has 3 aromatic rings. The Hall–Kier alpha value is -2.55. The Balaban J connectivity index is 2.14. The van der Waals surface area contributed by atoms with Crippen molar-refractivity contribution in [1.29, 1.82) is 0 Å².